The van der Waals surface area contributed by atoms with Crippen molar-refractivity contribution in [2.75, 3.05) is 48.9 Å². The standard InChI is InChI=1S/C25H36N4O3S/c1-5-7-14-28(6-2)25(30)23-18-21(9-11-24(23)29-15-12-26-13-16-29)27-33(31,32)22-10-8-19(3)20(4)17-22/h8-11,17-18,26-27H,5-7,12-16H2,1-4H3. The van der Waals surface area contributed by atoms with Crippen LogP contribution in [0.3, 0.4) is 0 Å². The van der Waals surface area contributed by atoms with Gasteiger partial charge in [-0.1, -0.05) is 19.4 Å². The molecule has 7 nitrogen and oxygen atoms in total. The lowest BCUT2D eigenvalue weighted by atomic mass is 10.1. The number of benzene rings is 2. The molecule has 1 aliphatic heterocycles. The average Bonchev–Trinajstić information content (AvgIpc) is 2.81. The van der Waals surface area contributed by atoms with E-state index in [1.807, 2.05) is 31.7 Å². The van der Waals surface area contributed by atoms with Crippen LogP contribution in [0.4, 0.5) is 11.4 Å². The van der Waals surface area contributed by atoms with Crippen LogP contribution in [0.2, 0.25) is 0 Å². The third-order valence-electron chi connectivity index (χ3n) is 6.18. The average molecular weight is 473 g/mol. The van der Waals surface area contributed by atoms with E-state index in [4.69, 9.17) is 0 Å². The first kappa shape index (κ1) is 25.1. The molecule has 2 aromatic rings. The molecule has 1 fully saturated rings. The number of rotatable bonds is 9. The summed E-state index contributed by atoms with van der Waals surface area (Å²) < 4.78 is 28.8. The molecule has 1 amide bonds. The van der Waals surface area contributed by atoms with Crippen LogP contribution in [0.5, 0.6) is 0 Å². The first-order valence-corrected chi connectivity index (χ1v) is 13.2. The van der Waals surface area contributed by atoms with Gasteiger partial charge in [-0.05, 0) is 68.7 Å². The Hall–Kier alpha value is -2.58. The van der Waals surface area contributed by atoms with Crippen LogP contribution in [0.25, 0.3) is 0 Å². The summed E-state index contributed by atoms with van der Waals surface area (Å²) in [6.07, 6.45) is 1.94. The molecular weight excluding hydrogens is 436 g/mol. The van der Waals surface area contributed by atoms with Crippen molar-refractivity contribution in [1.29, 1.82) is 0 Å². The molecule has 2 aromatic carbocycles. The van der Waals surface area contributed by atoms with Crippen molar-refractivity contribution in [2.45, 2.75) is 45.4 Å². The molecule has 0 radical (unpaired) electrons. The zero-order valence-electron chi connectivity index (χ0n) is 20.1. The molecule has 0 saturated carbocycles. The SMILES string of the molecule is CCCCN(CC)C(=O)c1cc(NS(=O)(=O)c2ccc(C)c(C)c2)ccc1N1CCNCC1. The van der Waals surface area contributed by atoms with Crippen LogP contribution in [0.1, 0.15) is 48.2 Å². The topological polar surface area (TPSA) is 81.8 Å². The van der Waals surface area contributed by atoms with Crippen LogP contribution < -0.4 is 14.9 Å². The van der Waals surface area contributed by atoms with Crippen molar-refractivity contribution in [3.05, 3.63) is 53.1 Å². The third kappa shape index (κ3) is 6.06. The minimum absolute atomic E-state index is 0.0632. The number of carbonyl (C=O) groups excluding carboxylic acids is 1. The number of nitrogens with one attached hydrogen (secondary N) is 2. The highest BCUT2D eigenvalue weighted by atomic mass is 32.2. The van der Waals surface area contributed by atoms with Crippen LogP contribution in [0.15, 0.2) is 41.3 Å². The minimum Gasteiger partial charge on any atom is -0.368 e. The van der Waals surface area contributed by atoms with E-state index in [0.717, 1.165) is 55.8 Å². The summed E-state index contributed by atoms with van der Waals surface area (Å²) in [5, 5.41) is 3.34. The van der Waals surface area contributed by atoms with Crippen molar-refractivity contribution in [2.24, 2.45) is 0 Å². The smallest absolute Gasteiger partial charge is 0.261 e. The number of carbonyl (C=O) groups is 1. The highest BCUT2D eigenvalue weighted by Gasteiger charge is 2.24. The number of hydrogen-bond donors (Lipinski definition) is 2. The van der Waals surface area contributed by atoms with Gasteiger partial charge in [0.15, 0.2) is 0 Å². The van der Waals surface area contributed by atoms with Gasteiger partial charge >= 0.3 is 0 Å². The van der Waals surface area contributed by atoms with Gasteiger partial charge in [-0.2, -0.15) is 0 Å². The molecule has 0 aromatic heterocycles. The van der Waals surface area contributed by atoms with E-state index >= 15 is 0 Å². The van der Waals surface area contributed by atoms with Gasteiger partial charge in [-0.3, -0.25) is 9.52 Å². The molecule has 0 spiro atoms. The lowest BCUT2D eigenvalue weighted by molar-refractivity contribution is 0.0763. The van der Waals surface area contributed by atoms with E-state index in [2.05, 4.69) is 21.9 Å². The van der Waals surface area contributed by atoms with Crippen molar-refractivity contribution in [1.82, 2.24) is 10.2 Å². The summed E-state index contributed by atoms with van der Waals surface area (Å²) in [5.41, 5.74) is 3.73. The number of nitrogens with zero attached hydrogens (tertiary/aromatic N) is 2. The monoisotopic (exact) mass is 472 g/mol. The Morgan fingerprint density at radius 3 is 2.42 bits per heavy atom. The second kappa shape index (κ2) is 11.0. The predicted octanol–water partition coefficient (Wildman–Crippen LogP) is 3.78. The largest absolute Gasteiger partial charge is 0.368 e. The number of aryl methyl sites for hydroxylation is 2. The van der Waals surface area contributed by atoms with E-state index in [1.165, 1.54) is 0 Å². The summed E-state index contributed by atoms with van der Waals surface area (Å²) in [7, 11) is -3.77. The molecule has 2 N–H and O–H groups in total. The Kier molecular flexibility index (Phi) is 8.37. The fourth-order valence-corrected chi connectivity index (χ4v) is 5.10. The molecule has 0 aliphatic carbocycles. The van der Waals surface area contributed by atoms with Gasteiger partial charge in [0.1, 0.15) is 0 Å². The number of unbranched alkanes of at least 4 members (excludes halogenated alkanes) is 1. The first-order chi connectivity index (χ1) is 15.8. The zero-order chi connectivity index (χ0) is 24.0. The maximum atomic E-state index is 13.5. The lowest BCUT2D eigenvalue weighted by Gasteiger charge is -2.32. The Balaban J connectivity index is 1.96. The van der Waals surface area contributed by atoms with E-state index in [0.29, 0.717) is 24.3 Å². The molecule has 0 bridgehead atoms. The lowest BCUT2D eigenvalue weighted by Crippen LogP contribution is -2.44. The van der Waals surface area contributed by atoms with Crippen LogP contribution in [-0.2, 0) is 10.0 Å². The molecule has 33 heavy (non-hydrogen) atoms. The van der Waals surface area contributed by atoms with Gasteiger partial charge in [0.2, 0.25) is 0 Å². The van der Waals surface area contributed by atoms with Gasteiger partial charge < -0.3 is 15.1 Å². The molecular formula is C25H36N4O3S. The molecule has 0 atom stereocenters. The van der Waals surface area contributed by atoms with E-state index in [-0.39, 0.29) is 10.8 Å². The van der Waals surface area contributed by atoms with Crippen LogP contribution >= 0.6 is 0 Å². The van der Waals surface area contributed by atoms with Crippen LogP contribution in [0, 0.1) is 13.8 Å². The molecule has 180 valence electrons. The quantitative estimate of drug-likeness (QED) is 0.581. The Bertz CT molecular complexity index is 1080. The normalized spacial score (nSPS) is 14.2. The van der Waals surface area contributed by atoms with Crippen molar-refractivity contribution in [3.8, 4) is 0 Å². The Morgan fingerprint density at radius 1 is 1.06 bits per heavy atom. The molecule has 1 heterocycles. The fourth-order valence-electron chi connectivity index (χ4n) is 3.97. The van der Waals surface area contributed by atoms with Crippen LogP contribution in [-0.4, -0.2) is 58.5 Å². The highest BCUT2D eigenvalue weighted by molar-refractivity contribution is 7.92. The maximum Gasteiger partial charge on any atom is 0.261 e. The van der Waals surface area contributed by atoms with Gasteiger partial charge in [0.05, 0.1) is 10.5 Å². The number of sulfonamides is 1. The highest BCUT2D eigenvalue weighted by Crippen LogP contribution is 2.28. The summed E-state index contributed by atoms with van der Waals surface area (Å²) >= 11 is 0. The summed E-state index contributed by atoms with van der Waals surface area (Å²) in [6.45, 7) is 12.5. The summed E-state index contributed by atoms with van der Waals surface area (Å²) in [6, 6.07) is 10.4. The Labute approximate surface area is 198 Å². The van der Waals surface area contributed by atoms with Gasteiger partial charge in [-0.15, -0.1) is 0 Å². The molecule has 0 unspecified atom stereocenters. The maximum absolute atomic E-state index is 13.5. The van der Waals surface area contributed by atoms with Gasteiger partial charge in [0.25, 0.3) is 15.9 Å². The molecule has 8 heteroatoms. The summed E-state index contributed by atoms with van der Waals surface area (Å²) in [5.74, 6) is -0.0632. The van der Waals surface area contributed by atoms with Gasteiger partial charge in [0, 0.05) is 50.6 Å². The fraction of sp³-hybridized carbons (Fsp3) is 0.480. The van der Waals surface area contributed by atoms with E-state index < -0.39 is 10.0 Å². The number of hydrogen-bond acceptors (Lipinski definition) is 5. The number of piperazine rings is 1. The predicted molar refractivity (Wildman–Crippen MR) is 135 cm³/mol. The van der Waals surface area contributed by atoms with Crippen molar-refractivity contribution < 1.29 is 13.2 Å². The van der Waals surface area contributed by atoms with E-state index in [1.54, 1.807) is 30.3 Å². The van der Waals surface area contributed by atoms with E-state index in [9.17, 15) is 13.2 Å². The second-order valence-electron chi connectivity index (χ2n) is 8.56. The first-order valence-electron chi connectivity index (χ1n) is 11.8. The minimum atomic E-state index is -3.77. The number of amides is 1. The molecule has 3 rings (SSSR count). The third-order valence-corrected chi connectivity index (χ3v) is 7.56. The Morgan fingerprint density at radius 2 is 1.79 bits per heavy atom. The van der Waals surface area contributed by atoms with Gasteiger partial charge in [-0.25, -0.2) is 8.42 Å². The second-order valence-corrected chi connectivity index (χ2v) is 10.2. The zero-order valence-corrected chi connectivity index (χ0v) is 21.0. The van der Waals surface area contributed by atoms with Crippen molar-refractivity contribution in [3.63, 3.8) is 0 Å². The summed E-state index contributed by atoms with van der Waals surface area (Å²) in [4.78, 5) is 17.8. The van der Waals surface area contributed by atoms with Crippen molar-refractivity contribution >= 4 is 27.3 Å². The molecule has 1 saturated heterocycles. The number of anilines is 2. The molecule has 1 aliphatic rings.